The number of aromatic nitrogens is 2. The predicted octanol–water partition coefficient (Wildman–Crippen LogP) is 1.47. The third-order valence-corrected chi connectivity index (χ3v) is 7.14. The van der Waals surface area contributed by atoms with Gasteiger partial charge in [-0.05, 0) is 31.6 Å². The largest absolute Gasteiger partial charge is 0.480 e. The van der Waals surface area contributed by atoms with Gasteiger partial charge in [-0.25, -0.2) is 9.78 Å². The number of morpholine rings is 1. The van der Waals surface area contributed by atoms with Crippen LogP contribution in [0.1, 0.15) is 30.7 Å². The van der Waals surface area contributed by atoms with Crippen molar-refractivity contribution in [3.05, 3.63) is 17.6 Å². The van der Waals surface area contributed by atoms with E-state index < -0.39 is 11.9 Å². The van der Waals surface area contributed by atoms with Gasteiger partial charge in [-0.1, -0.05) is 0 Å². The van der Waals surface area contributed by atoms with Gasteiger partial charge in [-0.2, -0.15) is 13.2 Å². The maximum Gasteiger partial charge on any atom is 0.435 e. The Morgan fingerprint density at radius 1 is 1.33 bits per heavy atom. The number of fused-ring (bicyclic) bond motifs is 1. The summed E-state index contributed by atoms with van der Waals surface area (Å²) < 4.78 is 49.1. The molecule has 9 nitrogen and oxygen atoms in total. The molecule has 3 saturated heterocycles. The molecule has 0 radical (unpaired) electrons. The SMILES string of the molecule is COc1nc(C(F)(F)F)cnc1CC1CC2(C1)CN(C(=O)N1CC[C@@H]3OCC(=O)N[C@@H]3C1)C2. The van der Waals surface area contributed by atoms with E-state index >= 15 is 0 Å². The molecule has 4 heterocycles. The lowest BCUT2D eigenvalue weighted by Crippen LogP contribution is -2.68. The third kappa shape index (κ3) is 4.20. The third-order valence-electron chi connectivity index (χ3n) is 7.14. The van der Waals surface area contributed by atoms with Gasteiger partial charge in [0.15, 0.2) is 5.69 Å². The number of methoxy groups -OCH3 is 1. The second-order valence-electron chi connectivity index (χ2n) is 9.58. The highest BCUT2D eigenvalue weighted by Crippen LogP contribution is 2.53. The Morgan fingerprint density at radius 3 is 2.79 bits per heavy atom. The molecule has 4 aliphatic rings. The second-order valence-corrected chi connectivity index (χ2v) is 9.58. The molecule has 1 saturated carbocycles. The fraction of sp³-hybridized carbons (Fsp3) is 0.714. The zero-order valence-electron chi connectivity index (χ0n) is 18.2. The molecule has 0 bridgehead atoms. The monoisotopic (exact) mass is 469 g/mol. The lowest BCUT2D eigenvalue weighted by molar-refractivity contribution is -0.141. The molecule has 33 heavy (non-hydrogen) atoms. The smallest absolute Gasteiger partial charge is 0.435 e. The number of alkyl halides is 3. The Kier molecular flexibility index (Phi) is 5.37. The van der Waals surface area contributed by atoms with Gasteiger partial charge >= 0.3 is 12.2 Å². The van der Waals surface area contributed by atoms with Gasteiger partial charge in [-0.15, -0.1) is 0 Å². The molecule has 180 valence electrons. The summed E-state index contributed by atoms with van der Waals surface area (Å²) in [5.41, 5.74) is -0.560. The molecule has 1 aromatic rings. The first-order valence-corrected chi connectivity index (χ1v) is 11.1. The molecule has 0 aromatic carbocycles. The Bertz CT molecular complexity index is 944. The molecular formula is C21H26F3N5O4. The van der Waals surface area contributed by atoms with E-state index in [2.05, 4.69) is 15.3 Å². The maximum absolute atomic E-state index is 12.9. The molecule has 1 aromatic heterocycles. The minimum Gasteiger partial charge on any atom is -0.480 e. The minimum atomic E-state index is -4.56. The van der Waals surface area contributed by atoms with Crippen LogP contribution in [-0.4, -0.2) is 83.7 Å². The van der Waals surface area contributed by atoms with Crippen LogP contribution in [0, 0.1) is 11.3 Å². The maximum atomic E-state index is 12.9. The van der Waals surface area contributed by atoms with Gasteiger partial charge in [0.1, 0.15) is 12.3 Å². The highest BCUT2D eigenvalue weighted by atomic mass is 19.4. The molecule has 0 unspecified atom stereocenters. The van der Waals surface area contributed by atoms with E-state index in [-0.39, 0.29) is 47.9 Å². The molecule has 3 aliphatic heterocycles. The fourth-order valence-electron chi connectivity index (χ4n) is 5.65. The summed E-state index contributed by atoms with van der Waals surface area (Å²) in [5, 5.41) is 2.91. The van der Waals surface area contributed by atoms with E-state index in [9.17, 15) is 22.8 Å². The zero-order valence-corrected chi connectivity index (χ0v) is 18.2. The van der Waals surface area contributed by atoms with E-state index in [1.54, 1.807) is 4.90 Å². The summed E-state index contributed by atoms with van der Waals surface area (Å²) in [6, 6.07) is -0.176. The van der Waals surface area contributed by atoms with Gasteiger partial charge in [-0.3, -0.25) is 9.78 Å². The van der Waals surface area contributed by atoms with Crippen molar-refractivity contribution in [1.29, 1.82) is 0 Å². The number of ether oxygens (including phenoxy) is 2. The molecule has 3 amide bonds. The van der Waals surface area contributed by atoms with E-state index in [1.165, 1.54) is 7.11 Å². The number of carbonyl (C=O) groups excluding carboxylic acids is 2. The summed E-state index contributed by atoms with van der Waals surface area (Å²) >= 11 is 0. The van der Waals surface area contributed by atoms with Crippen molar-refractivity contribution in [2.45, 2.75) is 44.0 Å². The first-order valence-electron chi connectivity index (χ1n) is 11.1. The van der Waals surface area contributed by atoms with Gasteiger partial charge in [0, 0.05) is 31.6 Å². The number of nitrogens with zero attached hydrogens (tertiary/aromatic N) is 4. The summed E-state index contributed by atoms with van der Waals surface area (Å²) in [5.74, 6) is 0.0363. The Hall–Kier alpha value is -2.63. The second kappa shape index (κ2) is 8.00. The average Bonchev–Trinajstić information content (AvgIpc) is 2.72. The number of piperidine rings is 1. The zero-order chi connectivity index (χ0) is 23.4. The van der Waals surface area contributed by atoms with Crippen molar-refractivity contribution in [3.8, 4) is 5.88 Å². The van der Waals surface area contributed by atoms with Crippen molar-refractivity contribution >= 4 is 11.9 Å². The molecule has 1 aliphatic carbocycles. The summed E-state index contributed by atoms with van der Waals surface area (Å²) in [6.07, 6.45) is -0.876. The van der Waals surface area contributed by atoms with Crippen molar-refractivity contribution in [3.63, 3.8) is 0 Å². The van der Waals surface area contributed by atoms with Crippen LogP contribution in [0.5, 0.6) is 5.88 Å². The lowest BCUT2D eigenvalue weighted by atomic mass is 9.57. The van der Waals surface area contributed by atoms with E-state index in [0.29, 0.717) is 44.7 Å². The number of carbonyl (C=O) groups is 2. The van der Waals surface area contributed by atoms with Crippen LogP contribution in [0.4, 0.5) is 18.0 Å². The number of amides is 3. The fourth-order valence-corrected chi connectivity index (χ4v) is 5.65. The summed E-state index contributed by atoms with van der Waals surface area (Å²) in [4.78, 5) is 35.6. The van der Waals surface area contributed by atoms with Crippen LogP contribution < -0.4 is 10.1 Å². The van der Waals surface area contributed by atoms with Gasteiger partial charge < -0.3 is 24.6 Å². The summed E-state index contributed by atoms with van der Waals surface area (Å²) in [6.45, 7) is 2.48. The van der Waals surface area contributed by atoms with Gasteiger partial charge in [0.25, 0.3) is 0 Å². The highest BCUT2D eigenvalue weighted by Gasteiger charge is 2.54. The molecule has 12 heteroatoms. The van der Waals surface area contributed by atoms with Gasteiger partial charge in [0.05, 0.1) is 25.5 Å². The van der Waals surface area contributed by atoms with Crippen molar-refractivity contribution in [2.75, 3.05) is 39.9 Å². The van der Waals surface area contributed by atoms with Crippen molar-refractivity contribution < 1.29 is 32.2 Å². The lowest BCUT2D eigenvalue weighted by Gasteiger charge is -2.60. The number of hydrogen-bond donors (Lipinski definition) is 1. The topological polar surface area (TPSA) is 96.9 Å². The number of urea groups is 1. The Morgan fingerprint density at radius 2 is 2.09 bits per heavy atom. The van der Waals surface area contributed by atoms with Crippen LogP contribution in [-0.2, 0) is 22.1 Å². The summed E-state index contributed by atoms with van der Waals surface area (Å²) in [7, 11) is 1.29. The van der Waals surface area contributed by atoms with E-state index in [4.69, 9.17) is 9.47 Å². The van der Waals surface area contributed by atoms with Crippen LogP contribution >= 0.6 is 0 Å². The normalized spacial score (nSPS) is 26.8. The number of hydrogen-bond acceptors (Lipinski definition) is 6. The average molecular weight is 469 g/mol. The van der Waals surface area contributed by atoms with Crippen LogP contribution in [0.3, 0.4) is 0 Å². The van der Waals surface area contributed by atoms with Crippen molar-refractivity contribution in [2.24, 2.45) is 11.3 Å². The molecule has 4 fully saturated rings. The molecular weight excluding hydrogens is 443 g/mol. The standard InChI is InChI=1S/C21H26F3N5O4/c1-32-18-13(25-7-16(27-18)21(22,23)24)4-12-5-20(6-12)10-29(11-20)19(31)28-3-2-15-14(8-28)26-17(30)9-33-15/h7,12,14-15H,2-6,8-11H2,1H3,(H,26,30)/t14-,15+/m1/s1. The quantitative estimate of drug-likeness (QED) is 0.720. The minimum absolute atomic E-state index is 0.0161. The molecule has 1 N–H and O–H groups in total. The van der Waals surface area contributed by atoms with Crippen LogP contribution in [0.15, 0.2) is 6.20 Å². The van der Waals surface area contributed by atoms with E-state index in [1.807, 2.05) is 4.90 Å². The number of nitrogens with one attached hydrogen (secondary N) is 1. The van der Waals surface area contributed by atoms with Crippen molar-refractivity contribution in [1.82, 2.24) is 25.1 Å². The first-order chi connectivity index (χ1) is 15.7. The molecule has 1 spiro atoms. The van der Waals surface area contributed by atoms with Gasteiger partial charge in [0.2, 0.25) is 11.8 Å². The Balaban J connectivity index is 1.11. The molecule has 2 atom stereocenters. The van der Waals surface area contributed by atoms with E-state index in [0.717, 1.165) is 19.0 Å². The number of rotatable bonds is 3. The van der Waals surface area contributed by atoms with Crippen LogP contribution in [0.2, 0.25) is 0 Å². The highest BCUT2D eigenvalue weighted by molar-refractivity contribution is 5.79. The number of likely N-dealkylation sites (tertiary alicyclic amines) is 2. The molecule has 5 rings (SSSR count). The first kappa shape index (κ1) is 22.2. The number of halogens is 3. The Labute approximate surface area is 188 Å². The van der Waals surface area contributed by atoms with Crippen LogP contribution in [0.25, 0.3) is 0 Å². The predicted molar refractivity (Wildman–Crippen MR) is 107 cm³/mol.